The molecule has 0 aliphatic carbocycles. The van der Waals surface area contributed by atoms with E-state index in [0.717, 1.165) is 5.56 Å². The molecule has 0 spiro atoms. The summed E-state index contributed by atoms with van der Waals surface area (Å²) in [6, 6.07) is 8.95. The largest absolute Gasteiger partial charge is 0.383 e. The molecule has 1 amide bonds. The van der Waals surface area contributed by atoms with E-state index in [9.17, 15) is 19.6 Å². The molecule has 3 rings (SSSR count). The third-order valence-electron chi connectivity index (χ3n) is 5.43. The van der Waals surface area contributed by atoms with Gasteiger partial charge in [0.15, 0.2) is 0 Å². The lowest BCUT2D eigenvalue weighted by Gasteiger charge is -2.22. The molecule has 0 unspecified atom stereocenters. The highest BCUT2D eigenvalue weighted by molar-refractivity contribution is 5.78. The van der Waals surface area contributed by atoms with E-state index in [0.29, 0.717) is 47.6 Å². The Bertz CT molecular complexity index is 1300. The summed E-state index contributed by atoms with van der Waals surface area (Å²) in [7, 11) is 1.55. The van der Waals surface area contributed by atoms with Gasteiger partial charge in [-0.25, -0.2) is 4.98 Å². The molecule has 0 aliphatic rings. The maximum absolute atomic E-state index is 13.0. The average molecular weight is 435 g/mol. The monoisotopic (exact) mass is 435 g/mol. The Hall–Kier alpha value is -3.77. The summed E-state index contributed by atoms with van der Waals surface area (Å²) in [6.07, 6.45) is 0.535. The number of pyridine rings is 1. The van der Waals surface area contributed by atoms with Gasteiger partial charge in [-0.1, -0.05) is 12.1 Å². The zero-order chi connectivity index (χ0) is 23.3. The molecule has 32 heavy (non-hydrogen) atoms. The van der Waals surface area contributed by atoms with Crippen LogP contribution in [0.5, 0.6) is 0 Å². The van der Waals surface area contributed by atoms with Gasteiger partial charge in [0, 0.05) is 25.8 Å². The van der Waals surface area contributed by atoms with Crippen molar-refractivity contribution in [3.63, 3.8) is 0 Å². The Labute approximate surface area is 184 Å². The lowest BCUT2D eigenvalue weighted by molar-refractivity contribution is -0.132. The third-order valence-corrected chi connectivity index (χ3v) is 5.43. The van der Waals surface area contributed by atoms with Crippen LogP contribution in [0.1, 0.15) is 34.6 Å². The van der Waals surface area contributed by atoms with Crippen LogP contribution in [0.2, 0.25) is 0 Å². The number of hydrogen-bond acceptors (Lipinski definition) is 6. The van der Waals surface area contributed by atoms with Crippen molar-refractivity contribution >= 4 is 16.8 Å². The Kier molecular flexibility index (Phi) is 7.18. The number of rotatable bonds is 8. The zero-order valence-electron chi connectivity index (χ0n) is 18.3. The van der Waals surface area contributed by atoms with Gasteiger partial charge in [0.05, 0.1) is 24.1 Å². The number of amides is 1. The number of aromatic amines is 2. The van der Waals surface area contributed by atoms with Crippen LogP contribution in [-0.4, -0.2) is 46.0 Å². The normalized spacial score (nSPS) is 10.8. The quantitative estimate of drug-likeness (QED) is 0.554. The van der Waals surface area contributed by atoms with Crippen molar-refractivity contribution in [1.29, 1.82) is 5.26 Å². The maximum atomic E-state index is 13.0. The van der Waals surface area contributed by atoms with E-state index in [4.69, 9.17) is 4.74 Å². The molecule has 0 aliphatic heterocycles. The van der Waals surface area contributed by atoms with Gasteiger partial charge in [0.1, 0.15) is 17.5 Å². The summed E-state index contributed by atoms with van der Waals surface area (Å²) in [5, 5.41) is 9.73. The number of nitrogens with zero attached hydrogens (tertiary/aromatic N) is 3. The van der Waals surface area contributed by atoms with Gasteiger partial charge in [-0.15, -0.1) is 0 Å². The summed E-state index contributed by atoms with van der Waals surface area (Å²) in [5.74, 6) is 0.239. The Morgan fingerprint density at radius 1 is 1.19 bits per heavy atom. The van der Waals surface area contributed by atoms with E-state index in [-0.39, 0.29) is 30.0 Å². The number of carbonyl (C=O) groups is 1. The van der Waals surface area contributed by atoms with Crippen LogP contribution in [0.15, 0.2) is 33.9 Å². The number of carbonyl (C=O) groups excluding carboxylic acids is 1. The van der Waals surface area contributed by atoms with Gasteiger partial charge in [-0.3, -0.25) is 14.4 Å². The summed E-state index contributed by atoms with van der Waals surface area (Å²) >= 11 is 0. The fraction of sp³-hybridized carbons (Fsp3) is 0.348. The fourth-order valence-corrected chi connectivity index (χ4v) is 3.69. The van der Waals surface area contributed by atoms with Gasteiger partial charge < -0.3 is 19.6 Å². The van der Waals surface area contributed by atoms with Crippen LogP contribution >= 0.6 is 0 Å². The van der Waals surface area contributed by atoms with Gasteiger partial charge in [0.2, 0.25) is 5.91 Å². The molecule has 166 valence electrons. The molecular weight excluding hydrogens is 410 g/mol. The molecular formula is C23H25N5O4. The van der Waals surface area contributed by atoms with Crippen molar-refractivity contribution < 1.29 is 9.53 Å². The predicted octanol–water partition coefficient (Wildman–Crippen LogP) is 1.71. The Morgan fingerprint density at radius 2 is 1.94 bits per heavy atom. The van der Waals surface area contributed by atoms with Gasteiger partial charge in [0.25, 0.3) is 11.1 Å². The topological polar surface area (TPSA) is 132 Å². The lowest BCUT2D eigenvalue weighted by Crippen LogP contribution is -2.35. The van der Waals surface area contributed by atoms with Crippen LogP contribution in [0, 0.1) is 25.2 Å². The molecule has 1 aromatic carbocycles. The van der Waals surface area contributed by atoms with E-state index < -0.39 is 5.56 Å². The van der Waals surface area contributed by atoms with Crippen molar-refractivity contribution in [2.24, 2.45) is 0 Å². The molecule has 0 radical (unpaired) electrons. The van der Waals surface area contributed by atoms with Crippen molar-refractivity contribution in [3.05, 3.63) is 73.2 Å². The highest BCUT2D eigenvalue weighted by Gasteiger charge is 2.18. The number of methoxy groups -OCH3 is 1. The number of nitriles is 1. The number of benzene rings is 1. The molecule has 2 N–H and O–H groups in total. The molecule has 9 heteroatoms. The summed E-state index contributed by atoms with van der Waals surface area (Å²) < 4.78 is 5.14. The van der Waals surface area contributed by atoms with Crippen LogP contribution < -0.4 is 11.1 Å². The Balaban J connectivity index is 1.81. The molecule has 3 aromatic rings. The molecule has 2 heterocycles. The molecule has 2 aromatic heterocycles. The standard InChI is InChI=1S/C23H25N5O4/c1-14-16(15(2)25-23(31)18(14)12-24)8-9-21(29)28(10-11-32-3)13-20-26-19-7-5-4-6-17(19)22(30)27-20/h4-7H,8-11,13H2,1-3H3,(H,25,31)(H,26,27,30). The number of aryl methyl sites for hydroxylation is 1. The smallest absolute Gasteiger partial charge is 0.266 e. The number of ether oxygens (including phenoxy) is 1. The SMILES string of the molecule is COCCN(Cc1nc2ccccc2c(=O)[nH]1)C(=O)CCc1c(C)[nH]c(=O)c(C#N)c1C. The second kappa shape index (κ2) is 10.0. The minimum absolute atomic E-state index is 0.0622. The Morgan fingerprint density at radius 3 is 2.66 bits per heavy atom. The predicted molar refractivity (Wildman–Crippen MR) is 119 cm³/mol. The average Bonchev–Trinajstić information content (AvgIpc) is 2.76. The zero-order valence-corrected chi connectivity index (χ0v) is 18.3. The number of aromatic nitrogens is 3. The van der Waals surface area contributed by atoms with Crippen LogP contribution in [0.25, 0.3) is 10.9 Å². The molecule has 0 bridgehead atoms. The highest BCUT2D eigenvalue weighted by atomic mass is 16.5. The second-order valence-corrected chi connectivity index (χ2v) is 7.51. The number of H-pyrrole nitrogens is 2. The highest BCUT2D eigenvalue weighted by Crippen LogP contribution is 2.16. The van der Waals surface area contributed by atoms with E-state index in [1.54, 1.807) is 50.1 Å². The van der Waals surface area contributed by atoms with Crippen molar-refractivity contribution in [2.75, 3.05) is 20.3 Å². The molecule has 0 saturated heterocycles. The minimum Gasteiger partial charge on any atom is -0.383 e. The van der Waals surface area contributed by atoms with Gasteiger partial charge >= 0.3 is 0 Å². The van der Waals surface area contributed by atoms with Crippen LogP contribution in [0.3, 0.4) is 0 Å². The number of hydrogen-bond donors (Lipinski definition) is 2. The fourth-order valence-electron chi connectivity index (χ4n) is 3.69. The molecule has 0 atom stereocenters. The minimum atomic E-state index is -0.425. The lowest BCUT2D eigenvalue weighted by atomic mass is 9.99. The first-order valence-electron chi connectivity index (χ1n) is 10.2. The van der Waals surface area contributed by atoms with Crippen molar-refractivity contribution in [1.82, 2.24) is 19.9 Å². The van der Waals surface area contributed by atoms with E-state index >= 15 is 0 Å². The summed E-state index contributed by atoms with van der Waals surface area (Å²) in [5.41, 5.74) is 1.95. The third kappa shape index (κ3) is 4.92. The van der Waals surface area contributed by atoms with Gasteiger partial charge in [-0.2, -0.15) is 5.26 Å². The van der Waals surface area contributed by atoms with Crippen molar-refractivity contribution in [2.45, 2.75) is 33.2 Å². The molecule has 0 fully saturated rings. The number of para-hydroxylation sites is 1. The van der Waals surface area contributed by atoms with E-state index in [1.165, 1.54) is 0 Å². The first-order chi connectivity index (χ1) is 15.3. The summed E-state index contributed by atoms with van der Waals surface area (Å²) in [4.78, 5) is 48.8. The molecule has 0 saturated carbocycles. The first-order valence-corrected chi connectivity index (χ1v) is 10.2. The van der Waals surface area contributed by atoms with Crippen LogP contribution in [-0.2, 0) is 22.5 Å². The number of nitrogens with one attached hydrogen (secondary N) is 2. The first kappa shape index (κ1) is 22.9. The maximum Gasteiger partial charge on any atom is 0.266 e. The summed E-state index contributed by atoms with van der Waals surface area (Å²) in [6.45, 7) is 4.27. The van der Waals surface area contributed by atoms with Crippen molar-refractivity contribution in [3.8, 4) is 6.07 Å². The second-order valence-electron chi connectivity index (χ2n) is 7.51. The van der Waals surface area contributed by atoms with Crippen LogP contribution in [0.4, 0.5) is 0 Å². The molecule has 9 nitrogen and oxygen atoms in total. The number of fused-ring (bicyclic) bond motifs is 1. The van der Waals surface area contributed by atoms with Gasteiger partial charge in [-0.05, 0) is 43.5 Å². The van der Waals surface area contributed by atoms with E-state index in [1.807, 2.05) is 6.07 Å². The van der Waals surface area contributed by atoms with E-state index in [2.05, 4.69) is 15.0 Å².